The zero-order valence-corrected chi connectivity index (χ0v) is 13.6. The molecule has 0 amide bonds. The molecule has 2 nitrogen and oxygen atoms in total. The summed E-state index contributed by atoms with van der Waals surface area (Å²) in [6.45, 7) is 0.634. The van der Waals surface area contributed by atoms with Crippen molar-refractivity contribution in [3.05, 3.63) is 59.1 Å². The number of hydrogen-bond donors (Lipinski definition) is 0. The summed E-state index contributed by atoms with van der Waals surface area (Å²) >= 11 is 7.37. The van der Waals surface area contributed by atoms with Crippen LogP contribution in [-0.2, 0) is 0 Å². The third-order valence-electron chi connectivity index (χ3n) is 3.17. The molecule has 0 saturated carbocycles. The lowest BCUT2D eigenvalue weighted by molar-refractivity contribution is 0.317. The predicted octanol–water partition coefficient (Wildman–Crippen LogP) is 5.47. The van der Waals surface area contributed by atoms with Crippen LogP contribution in [0.1, 0.15) is 17.0 Å². The Bertz CT molecular complexity index is 748. The maximum Gasteiger partial charge on any atom is 0.126 e. The van der Waals surface area contributed by atoms with Gasteiger partial charge in [0.1, 0.15) is 10.8 Å². The second-order valence-corrected chi connectivity index (χ2v) is 6.22. The second kappa shape index (κ2) is 7.43. The number of thiazole rings is 1. The maximum absolute atomic E-state index is 5.77. The zero-order valence-electron chi connectivity index (χ0n) is 12.0. The van der Waals surface area contributed by atoms with E-state index in [1.165, 1.54) is 4.70 Å². The lowest BCUT2D eigenvalue weighted by Crippen LogP contribution is -1.98. The molecule has 3 rings (SSSR count). The molecule has 4 heteroatoms. The quantitative estimate of drug-likeness (QED) is 0.441. The molecule has 2 aromatic carbocycles. The van der Waals surface area contributed by atoms with Crippen LogP contribution in [0.5, 0.6) is 5.75 Å². The zero-order chi connectivity index (χ0) is 15.2. The maximum atomic E-state index is 5.77. The van der Waals surface area contributed by atoms with Crippen molar-refractivity contribution in [3.63, 3.8) is 0 Å². The average Bonchev–Trinajstić information content (AvgIpc) is 2.97. The van der Waals surface area contributed by atoms with Gasteiger partial charge in [-0.1, -0.05) is 30.3 Å². The highest BCUT2D eigenvalue weighted by Gasteiger charge is 2.02. The second-order valence-electron chi connectivity index (χ2n) is 4.78. The first kappa shape index (κ1) is 15.1. The summed E-state index contributed by atoms with van der Waals surface area (Å²) in [7, 11) is 0. The van der Waals surface area contributed by atoms with E-state index in [1.807, 2.05) is 54.6 Å². The molecule has 0 unspecified atom stereocenters. The topological polar surface area (TPSA) is 22.1 Å². The monoisotopic (exact) mass is 329 g/mol. The van der Waals surface area contributed by atoms with E-state index >= 15 is 0 Å². The molecule has 0 aliphatic heterocycles. The SMILES string of the molecule is ClCCCOc1ccccc1C=Cc1nc2ccccc2s1. The van der Waals surface area contributed by atoms with E-state index < -0.39 is 0 Å². The first-order valence-electron chi connectivity index (χ1n) is 7.18. The number of benzene rings is 2. The third-order valence-corrected chi connectivity index (χ3v) is 4.44. The van der Waals surface area contributed by atoms with Crippen molar-refractivity contribution in [3.8, 4) is 5.75 Å². The van der Waals surface area contributed by atoms with Crippen molar-refractivity contribution in [2.24, 2.45) is 0 Å². The Kier molecular flexibility index (Phi) is 5.09. The van der Waals surface area contributed by atoms with E-state index in [0.717, 1.165) is 28.3 Å². The molecule has 1 heterocycles. The van der Waals surface area contributed by atoms with E-state index in [0.29, 0.717) is 12.5 Å². The van der Waals surface area contributed by atoms with E-state index in [-0.39, 0.29) is 0 Å². The molecule has 1 aromatic heterocycles. The van der Waals surface area contributed by atoms with Gasteiger partial charge in [0.2, 0.25) is 0 Å². The smallest absolute Gasteiger partial charge is 0.126 e. The van der Waals surface area contributed by atoms with Gasteiger partial charge in [0.25, 0.3) is 0 Å². The van der Waals surface area contributed by atoms with Crippen LogP contribution in [0.4, 0.5) is 0 Å². The first-order valence-corrected chi connectivity index (χ1v) is 8.53. The standard InChI is InChI=1S/C18H16ClNOS/c19-12-5-13-21-16-8-3-1-6-14(16)10-11-18-20-15-7-2-4-9-17(15)22-18/h1-4,6-11H,5,12-13H2. The van der Waals surface area contributed by atoms with Crippen LogP contribution < -0.4 is 4.74 Å². The summed E-state index contributed by atoms with van der Waals surface area (Å²) in [6.07, 6.45) is 4.93. The van der Waals surface area contributed by atoms with E-state index in [1.54, 1.807) is 11.3 Å². The Morgan fingerprint density at radius 1 is 1.05 bits per heavy atom. The Hall–Kier alpha value is -1.84. The van der Waals surface area contributed by atoms with Gasteiger partial charge in [-0.15, -0.1) is 22.9 Å². The Morgan fingerprint density at radius 3 is 2.73 bits per heavy atom. The number of rotatable bonds is 6. The average molecular weight is 330 g/mol. The highest BCUT2D eigenvalue weighted by molar-refractivity contribution is 7.19. The van der Waals surface area contributed by atoms with Crippen LogP contribution in [0.2, 0.25) is 0 Å². The van der Waals surface area contributed by atoms with Crippen molar-refractivity contribution in [2.75, 3.05) is 12.5 Å². The van der Waals surface area contributed by atoms with Crippen molar-refractivity contribution in [1.82, 2.24) is 4.98 Å². The van der Waals surface area contributed by atoms with Crippen molar-refractivity contribution >= 4 is 45.3 Å². The van der Waals surface area contributed by atoms with Gasteiger partial charge in [-0.25, -0.2) is 4.98 Å². The minimum atomic E-state index is 0.615. The summed E-state index contributed by atoms with van der Waals surface area (Å²) in [5.74, 6) is 1.49. The largest absolute Gasteiger partial charge is 0.493 e. The van der Waals surface area contributed by atoms with Gasteiger partial charge in [-0.05, 0) is 36.8 Å². The van der Waals surface area contributed by atoms with Gasteiger partial charge >= 0.3 is 0 Å². The molecule has 3 aromatic rings. The van der Waals surface area contributed by atoms with E-state index in [9.17, 15) is 0 Å². The minimum absolute atomic E-state index is 0.615. The summed E-state index contributed by atoms with van der Waals surface area (Å²) in [6, 6.07) is 16.2. The lowest BCUT2D eigenvalue weighted by Gasteiger charge is -2.07. The van der Waals surface area contributed by atoms with Gasteiger partial charge < -0.3 is 4.74 Å². The van der Waals surface area contributed by atoms with Crippen LogP contribution in [0.25, 0.3) is 22.4 Å². The van der Waals surface area contributed by atoms with Crippen molar-refractivity contribution < 1.29 is 4.74 Å². The number of aromatic nitrogens is 1. The molecule has 0 N–H and O–H groups in total. The summed E-state index contributed by atoms with van der Waals surface area (Å²) in [5.41, 5.74) is 2.09. The van der Waals surface area contributed by atoms with Crippen LogP contribution in [-0.4, -0.2) is 17.5 Å². The highest BCUT2D eigenvalue weighted by atomic mass is 35.5. The lowest BCUT2D eigenvalue weighted by atomic mass is 10.2. The number of para-hydroxylation sites is 2. The normalized spacial score (nSPS) is 11.3. The Labute approximate surface area is 139 Å². The summed E-state index contributed by atoms with van der Waals surface area (Å²) in [4.78, 5) is 4.61. The predicted molar refractivity (Wildman–Crippen MR) is 95.8 cm³/mol. The molecule has 0 radical (unpaired) electrons. The van der Waals surface area contributed by atoms with Gasteiger partial charge in [-0.3, -0.25) is 0 Å². The molecule has 0 fully saturated rings. The molecule has 0 saturated heterocycles. The van der Waals surface area contributed by atoms with Crippen molar-refractivity contribution in [1.29, 1.82) is 0 Å². The number of hydrogen-bond acceptors (Lipinski definition) is 3. The highest BCUT2D eigenvalue weighted by Crippen LogP contribution is 2.25. The molecule has 22 heavy (non-hydrogen) atoms. The Morgan fingerprint density at radius 2 is 1.86 bits per heavy atom. The van der Waals surface area contributed by atoms with Gasteiger partial charge in [0, 0.05) is 11.4 Å². The molecular formula is C18H16ClNOS. The summed E-state index contributed by atoms with van der Waals surface area (Å²) < 4.78 is 6.97. The number of ether oxygens (including phenoxy) is 1. The van der Waals surface area contributed by atoms with Gasteiger partial charge in [0.15, 0.2) is 0 Å². The number of fused-ring (bicyclic) bond motifs is 1. The molecule has 0 atom stereocenters. The molecule has 0 spiro atoms. The van der Waals surface area contributed by atoms with Gasteiger partial charge in [-0.2, -0.15) is 0 Å². The number of alkyl halides is 1. The van der Waals surface area contributed by atoms with E-state index in [2.05, 4.69) is 11.1 Å². The van der Waals surface area contributed by atoms with Crippen LogP contribution >= 0.6 is 22.9 Å². The molecule has 112 valence electrons. The fourth-order valence-corrected chi connectivity index (χ4v) is 3.09. The van der Waals surface area contributed by atoms with Crippen LogP contribution in [0.3, 0.4) is 0 Å². The summed E-state index contributed by atoms with van der Waals surface area (Å²) in [5, 5.41) is 0.997. The minimum Gasteiger partial charge on any atom is -0.493 e. The van der Waals surface area contributed by atoms with E-state index in [4.69, 9.17) is 16.3 Å². The third kappa shape index (κ3) is 3.67. The van der Waals surface area contributed by atoms with Gasteiger partial charge in [0.05, 0.1) is 16.8 Å². The van der Waals surface area contributed by atoms with Crippen LogP contribution in [0, 0.1) is 0 Å². The molecule has 0 aliphatic carbocycles. The first-order chi connectivity index (χ1) is 10.9. The van der Waals surface area contributed by atoms with Crippen LogP contribution in [0.15, 0.2) is 48.5 Å². The molecule has 0 aliphatic rings. The fraction of sp³-hybridized carbons (Fsp3) is 0.167. The number of halogens is 1. The number of nitrogens with zero attached hydrogens (tertiary/aromatic N) is 1. The fourth-order valence-electron chi connectivity index (χ4n) is 2.11. The Balaban J connectivity index is 1.79. The molecule has 0 bridgehead atoms. The van der Waals surface area contributed by atoms with Crippen molar-refractivity contribution in [2.45, 2.75) is 6.42 Å². The molecular weight excluding hydrogens is 314 g/mol.